The monoisotopic (exact) mass is 248 g/mol. The summed E-state index contributed by atoms with van der Waals surface area (Å²) in [5.41, 5.74) is 9.62. The van der Waals surface area contributed by atoms with Gasteiger partial charge in [-0.25, -0.2) is 0 Å². The van der Waals surface area contributed by atoms with Crippen LogP contribution in [0.15, 0.2) is 24.3 Å². The third kappa shape index (κ3) is 2.35. The quantitative estimate of drug-likeness (QED) is 0.897. The van der Waals surface area contributed by atoms with Crippen LogP contribution in [0.5, 0.6) is 0 Å². The molecule has 1 aromatic carbocycles. The Bertz CT molecular complexity index is 514. The van der Waals surface area contributed by atoms with Gasteiger partial charge in [-0.3, -0.25) is 0 Å². The van der Waals surface area contributed by atoms with E-state index >= 15 is 0 Å². The molecular formula is C14H20N2S. The van der Waals surface area contributed by atoms with Crippen LogP contribution in [-0.4, -0.2) is 10.8 Å². The zero-order valence-electron chi connectivity index (χ0n) is 10.7. The first-order valence-electron chi connectivity index (χ1n) is 5.99. The van der Waals surface area contributed by atoms with E-state index in [1.807, 2.05) is 11.8 Å². The topological polar surface area (TPSA) is 30.9 Å². The molecule has 2 N–H and O–H groups in total. The van der Waals surface area contributed by atoms with Crippen LogP contribution < -0.4 is 5.73 Å². The highest BCUT2D eigenvalue weighted by molar-refractivity contribution is 7.97. The van der Waals surface area contributed by atoms with Gasteiger partial charge in [-0.15, -0.1) is 0 Å². The molecular weight excluding hydrogens is 228 g/mol. The molecule has 2 aromatic rings. The number of rotatable bonds is 4. The molecule has 2 rings (SSSR count). The second-order valence-corrected chi connectivity index (χ2v) is 5.50. The van der Waals surface area contributed by atoms with Crippen molar-refractivity contribution in [2.24, 2.45) is 5.73 Å². The average molecular weight is 248 g/mol. The van der Waals surface area contributed by atoms with Crippen molar-refractivity contribution in [1.29, 1.82) is 0 Å². The van der Waals surface area contributed by atoms with Crippen LogP contribution in [-0.2, 0) is 12.3 Å². The maximum absolute atomic E-state index is 5.69. The molecule has 2 nitrogen and oxygen atoms in total. The number of hydrogen-bond acceptors (Lipinski definition) is 2. The summed E-state index contributed by atoms with van der Waals surface area (Å²) in [6.45, 7) is 5.08. The predicted octanol–water partition coefficient (Wildman–Crippen LogP) is 3.54. The molecule has 0 radical (unpaired) electrons. The Balaban J connectivity index is 2.61. The number of hydrogen-bond donors (Lipinski definition) is 1. The van der Waals surface area contributed by atoms with E-state index in [9.17, 15) is 0 Å². The SMILES string of the molecule is CSCc1cc2cc(CN)ccc2n1C(C)C. The van der Waals surface area contributed by atoms with Gasteiger partial charge in [-0.05, 0) is 43.9 Å². The normalized spacial score (nSPS) is 11.6. The summed E-state index contributed by atoms with van der Waals surface area (Å²) in [6.07, 6.45) is 2.15. The third-order valence-corrected chi connectivity index (χ3v) is 3.61. The highest BCUT2D eigenvalue weighted by Crippen LogP contribution is 2.27. The standard InChI is InChI=1S/C14H20N2S/c1-10(2)16-13(9-17-3)7-12-6-11(8-15)4-5-14(12)16/h4-7,10H,8-9,15H2,1-3H3. The highest BCUT2D eigenvalue weighted by atomic mass is 32.2. The molecule has 1 aromatic heterocycles. The van der Waals surface area contributed by atoms with Gasteiger partial charge in [0.25, 0.3) is 0 Å². The van der Waals surface area contributed by atoms with Crippen LogP contribution in [0.2, 0.25) is 0 Å². The molecule has 0 atom stereocenters. The first-order valence-corrected chi connectivity index (χ1v) is 7.38. The van der Waals surface area contributed by atoms with Gasteiger partial charge < -0.3 is 10.3 Å². The Kier molecular flexibility index (Phi) is 3.79. The Morgan fingerprint density at radius 3 is 2.65 bits per heavy atom. The average Bonchev–Trinajstić information content (AvgIpc) is 2.66. The molecule has 0 aliphatic rings. The van der Waals surface area contributed by atoms with Crippen LogP contribution in [0.3, 0.4) is 0 Å². The van der Waals surface area contributed by atoms with E-state index in [1.54, 1.807) is 0 Å². The van der Waals surface area contributed by atoms with E-state index in [0.29, 0.717) is 12.6 Å². The minimum atomic E-state index is 0.498. The predicted molar refractivity (Wildman–Crippen MR) is 77.4 cm³/mol. The summed E-state index contributed by atoms with van der Waals surface area (Å²) in [7, 11) is 0. The van der Waals surface area contributed by atoms with Crippen molar-refractivity contribution in [3.05, 3.63) is 35.5 Å². The van der Waals surface area contributed by atoms with E-state index < -0.39 is 0 Å². The summed E-state index contributed by atoms with van der Waals surface area (Å²) in [5, 5.41) is 1.31. The van der Waals surface area contributed by atoms with Crippen molar-refractivity contribution < 1.29 is 0 Å². The van der Waals surface area contributed by atoms with Gasteiger partial charge in [-0.2, -0.15) is 11.8 Å². The number of nitrogens with zero attached hydrogens (tertiary/aromatic N) is 1. The number of benzene rings is 1. The van der Waals surface area contributed by atoms with E-state index in [1.165, 1.54) is 22.2 Å². The van der Waals surface area contributed by atoms with Crippen LogP contribution >= 0.6 is 11.8 Å². The lowest BCUT2D eigenvalue weighted by Gasteiger charge is -2.14. The van der Waals surface area contributed by atoms with Crippen LogP contribution in [0.1, 0.15) is 31.1 Å². The molecule has 0 fully saturated rings. The smallest absolute Gasteiger partial charge is 0.0485 e. The first kappa shape index (κ1) is 12.5. The summed E-state index contributed by atoms with van der Waals surface area (Å²) < 4.78 is 2.42. The van der Waals surface area contributed by atoms with Crippen LogP contribution in [0, 0.1) is 0 Å². The van der Waals surface area contributed by atoms with Crippen LogP contribution in [0.4, 0.5) is 0 Å². The lowest BCUT2D eigenvalue weighted by atomic mass is 10.1. The number of nitrogens with two attached hydrogens (primary N) is 1. The molecule has 0 bridgehead atoms. The molecule has 1 heterocycles. The van der Waals surface area contributed by atoms with Gasteiger partial charge in [0.05, 0.1) is 0 Å². The molecule has 0 amide bonds. The zero-order valence-corrected chi connectivity index (χ0v) is 11.6. The van der Waals surface area contributed by atoms with Crippen molar-refractivity contribution in [1.82, 2.24) is 4.57 Å². The molecule has 0 aliphatic heterocycles. The van der Waals surface area contributed by atoms with Crippen molar-refractivity contribution in [3.63, 3.8) is 0 Å². The summed E-state index contributed by atoms with van der Waals surface area (Å²) in [5.74, 6) is 1.06. The van der Waals surface area contributed by atoms with Gasteiger partial charge in [0.15, 0.2) is 0 Å². The zero-order chi connectivity index (χ0) is 12.4. The number of fused-ring (bicyclic) bond motifs is 1. The second kappa shape index (κ2) is 5.15. The van der Waals surface area contributed by atoms with Crippen LogP contribution in [0.25, 0.3) is 10.9 Å². The fraction of sp³-hybridized carbons (Fsp3) is 0.429. The largest absolute Gasteiger partial charge is 0.341 e. The van der Waals surface area contributed by atoms with E-state index in [4.69, 9.17) is 5.73 Å². The molecule has 0 aliphatic carbocycles. The molecule has 3 heteroatoms. The van der Waals surface area contributed by atoms with Gasteiger partial charge in [0.1, 0.15) is 0 Å². The fourth-order valence-corrected chi connectivity index (χ4v) is 2.86. The summed E-state index contributed by atoms with van der Waals surface area (Å²) in [4.78, 5) is 0. The second-order valence-electron chi connectivity index (χ2n) is 4.63. The highest BCUT2D eigenvalue weighted by Gasteiger charge is 2.11. The third-order valence-electron chi connectivity index (χ3n) is 3.03. The maximum atomic E-state index is 5.69. The van der Waals surface area contributed by atoms with Crippen molar-refractivity contribution >= 4 is 22.7 Å². The molecule has 0 saturated heterocycles. The van der Waals surface area contributed by atoms with Gasteiger partial charge in [-0.1, -0.05) is 6.07 Å². The summed E-state index contributed by atoms with van der Waals surface area (Å²) >= 11 is 1.87. The minimum absolute atomic E-state index is 0.498. The van der Waals surface area contributed by atoms with E-state index in [-0.39, 0.29) is 0 Å². The van der Waals surface area contributed by atoms with E-state index in [0.717, 1.165) is 5.75 Å². The maximum Gasteiger partial charge on any atom is 0.0485 e. The fourth-order valence-electron chi connectivity index (χ4n) is 2.34. The van der Waals surface area contributed by atoms with Gasteiger partial charge >= 0.3 is 0 Å². The minimum Gasteiger partial charge on any atom is -0.341 e. The molecule has 0 saturated carbocycles. The molecule has 0 unspecified atom stereocenters. The molecule has 92 valence electrons. The Morgan fingerprint density at radius 2 is 2.06 bits per heavy atom. The summed E-state index contributed by atoms with van der Waals surface area (Å²) in [6, 6.07) is 9.33. The Hall–Kier alpha value is -0.930. The Morgan fingerprint density at radius 1 is 1.29 bits per heavy atom. The van der Waals surface area contributed by atoms with Crippen molar-refractivity contribution in [2.75, 3.05) is 6.26 Å². The first-order chi connectivity index (χ1) is 8.17. The number of aromatic nitrogens is 1. The molecule has 17 heavy (non-hydrogen) atoms. The number of thioether (sulfide) groups is 1. The van der Waals surface area contributed by atoms with Gasteiger partial charge in [0, 0.05) is 34.9 Å². The van der Waals surface area contributed by atoms with Crippen molar-refractivity contribution in [3.8, 4) is 0 Å². The Labute approximate surface area is 107 Å². The van der Waals surface area contributed by atoms with Crippen molar-refractivity contribution in [2.45, 2.75) is 32.2 Å². The molecule has 0 spiro atoms. The lowest BCUT2D eigenvalue weighted by molar-refractivity contribution is 0.606. The van der Waals surface area contributed by atoms with Gasteiger partial charge in [0.2, 0.25) is 0 Å². The lowest BCUT2D eigenvalue weighted by Crippen LogP contribution is -2.04. The van der Waals surface area contributed by atoms with E-state index in [2.05, 4.69) is 48.9 Å².